The Morgan fingerprint density at radius 3 is 2.80 bits per heavy atom. The molecule has 0 radical (unpaired) electrons. The van der Waals surface area contributed by atoms with E-state index in [-0.39, 0.29) is 0 Å². The van der Waals surface area contributed by atoms with Crippen molar-refractivity contribution in [3.05, 3.63) is 64.7 Å². The predicted octanol–water partition coefficient (Wildman–Crippen LogP) is 3.45. The van der Waals surface area contributed by atoms with E-state index in [4.69, 9.17) is 5.11 Å². The number of carbonyl (C=O) groups is 1. The number of hydrogen-bond donors (Lipinski definition) is 2. The van der Waals surface area contributed by atoms with Crippen LogP contribution in [-0.2, 0) is 6.42 Å². The Bertz CT molecular complexity index is 664. The van der Waals surface area contributed by atoms with E-state index < -0.39 is 5.97 Å². The lowest BCUT2D eigenvalue weighted by Crippen LogP contribution is -2.24. The van der Waals surface area contributed by atoms with Crippen LogP contribution >= 0.6 is 0 Å². The zero-order valence-electron chi connectivity index (χ0n) is 11.4. The molecule has 1 unspecified atom stereocenters. The molecule has 2 aromatic rings. The predicted molar refractivity (Wildman–Crippen MR) is 79.5 cm³/mol. The summed E-state index contributed by atoms with van der Waals surface area (Å²) in [6.45, 7) is 2.83. The maximum absolute atomic E-state index is 10.9. The summed E-state index contributed by atoms with van der Waals surface area (Å²) in [6, 6.07) is 13.7. The number of carboxylic acids is 1. The second kappa shape index (κ2) is 5.00. The van der Waals surface area contributed by atoms with Gasteiger partial charge in [-0.15, -0.1) is 0 Å². The van der Waals surface area contributed by atoms with Crippen molar-refractivity contribution in [2.45, 2.75) is 19.3 Å². The molecule has 0 bridgehead atoms. The van der Waals surface area contributed by atoms with Crippen LogP contribution in [0.4, 0.5) is 5.69 Å². The van der Waals surface area contributed by atoms with Gasteiger partial charge in [0.1, 0.15) is 0 Å². The standard InChI is InChI=1S/C17H17NO2/c1-11-8-13(17(19)20)6-7-16(11)18-10-14-9-12-4-2-3-5-15(12)14/h2-8,14,18H,9-10H2,1H3,(H,19,20). The van der Waals surface area contributed by atoms with E-state index >= 15 is 0 Å². The van der Waals surface area contributed by atoms with E-state index in [0.717, 1.165) is 24.2 Å². The second-order valence-electron chi connectivity index (χ2n) is 5.32. The van der Waals surface area contributed by atoms with E-state index in [9.17, 15) is 4.79 Å². The molecule has 1 atom stereocenters. The number of rotatable bonds is 4. The van der Waals surface area contributed by atoms with Crippen molar-refractivity contribution in [2.75, 3.05) is 11.9 Å². The lowest BCUT2D eigenvalue weighted by molar-refractivity contribution is 0.0697. The molecule has 0 fully saturated rings. The molecule has 0 aromatic heterocycles. The van der Waals surface area contributed by atoms with E-state index in [1.165, 1.54) is 11.1 Å². The van der Waals surface area contributed by atoms with Gasteiger partial charge in [-0.3, -0.25) is 0 Å². The third kappa shape index (κ3) is 2.27. The molecule has 1 aliphatic rings. The number of aryl methyl sites for hydroxylation is 1. The minimum atomic E-state index is -0.882. The molecule has 3 rings (SSSR count). The normalized spacial score (nSPS) is 16.1. The Hall–Kier alpha value is -2.29. The topological polar surface area (TPSA) is 49.3 Å². The summed E-state index contributed by atoms with van der Waals surface area (Å²) in [4.78, 5) is 10.9. The van der Waals surface area contributed by atoms with Gasteiger partial charge in [-0.05, 0) is 48.2 Å². The molecule has 2 N–H and O–H groups in total. The number of aromatic carboxylic acids is 1. The van der Waals surface area contributed by atoms with Crippen LogP contribution in [0.25, 0.3) is 0 Å². The average molecular weight is 267 g/mol. The lowest BCUT2D eigenvalue weighted by atomic mass is 9.77. The number of nitrogens with one attached hydrogen (secondary N) is 1. The SMILES string of the molecule is Cc1cc(C(=O)O)ccc1NCC1Cc2ccccc21. The molecule has 2 aromatic carbocycles. The fourth-order valence-corrected chi connectivity index (χ4v) is 2.77. The van der Waals surface area contributed by atoms with Gasteiger partial charge in [-0.2, -0.15) is 0 Å². The Balaban J connectivity index is 1.67. The minimum Gasteiger partial charge on any atom is -0.478 e. The highest BCUT2D eigenvalue weighted by molar-refractivity contribution is 5.88. The molecule has 102 valence electrons. The maximum Gasteiger partial charge on any atom is 0.335 e. The summed E-state index contributed by atoms with van der Waals surface area (Å²) in [5, 5.41) is 12.4. The zero-order valence-corrected chi connectivity index (χ0v) is 11.4. The van der Waals surface area contributed by atoms with Crippen LogP contribution in [0.2, 0.25) is 0 Å². The lowest BCUT2D eigenvalue weighted by Gasteiger charge is -2.30. The second-order valence-corrected chi connectivity index (χ2v) is 5.32. The van der Waals surface area contributed by atoms with Crippen molar-refractivity contribution in [3.63, 3.8) is 0 Å². The van der Waals surface area contributed by atoms with Crippen LogP contribution in [0.5, 0.6) is 0 Å². The molecule has 0 saturated carbocycles. The quantitative estimate of drug-likeness (QED) is 0.892. The first-order valence-electron chi connectivity index (χ1n) is 6.81. The number of carboxylic acid groups (broad SMARTS) is 1. The molecular formula is C17H17NO2. The van der Waals surface area contributed by atoms with Crippen molar-refractivity contribution in [2.24, 2.45) is 0 Å². The molecule has 0 amide bonds. The summed E-state index contributed by atoms with van der Waals surface area (Å²) in [7, 11) is 0. The Morgan fingerprint density at radius 2 is 2.10 bits per heavy atom. The molecule has 0 heterocycles. The van der Waals surface area contributed by atoms with E-state index in [1.54, 1.807) is 12.1 Å². The zero-order chi connectivity index (χ0) is 14.1. The molecular weight excluding hydrogens is 250 g/mol. The van der Waals surface area contributed by atoms with Crippen LogP contribution in [-0.4, -0.2) is 17.6 Å². The van der Waals surface area contributed by atoms with Gasteiger partial charge in [-0.1, -0.05) is 24.3 Å². The molecule has 0 aliphatic heterocycles. The van der Waals surface area contributed by atoms with Gasteiger partial charge in [0.2, 0.25) is 0 Å². The number of anilines is 1. The van der Waals surface area contributed by atoms with Gasteiger partial charge in [0.05, 0.1) is 5.56 Å². The third-order valence-electron chi connectivity index (χ3n) is 3.97. The number of fused-ring (bicyclic) bond motifs is 1. The van der Waals surface area contributed by atoms with E-state index in [2.05, 4.69) is 29.6 Å². The summed E-state index contributed by atoms with van der Waals surface area (Å²) < 4.78 is 0. The summed E-state index contributed by atoms with van der Waals surface area (Å²) in [5.74, 6) is -0.322. The monoisotopic (exact) mass is 267 g/mol. The highest BCUT2D eigenvalue weighted by atomic mass is 16.4. The molecule has 0 spiro atoms. The Labute approximate surface area is 118 Å². The highest BCUT2D eigenvalue weighted by Gasteiger charge is 2.24. The van der Waals surface area contributed by atoms with E-state index in [1.807, 2.05) is 13.0 Å². The molecule has 0 saturated heterocycles. The Morgan fingerprint density at radius 1 is 1.30 bits per heavy atom. The molecule has 1 aliphatic carbocycles. The molecule has 3 heteroatoms. The summed E-state index contributed by atoms with van der Waals surface area (Å²) >= 11 is 0. The van der Waals surface area contributed by atoms with Crippen LogP contribution < -0.4 is 5.32 Å². The first kappa shape index (κ1) is 12.7. The van der Waals surface area contributed by atoms with Gasteiger partial charge >= 0.3 is 5.97 Å². The number of hydrogen-bond acceptors (Lipinski definition) is 2. The molecule has 20 heavy (non-hydrogen) atoms. The van der Waals surface area contributed by atoms with Crippen molar-refractivity contribution in [3.8, 4) is 0 Å². The first-order chi connectivity index (χ1) is 9.65. The summed E-state index contributed by atoms with van der Waals surface area (Å²) in [5.41, 5.74) is 5.19. The van der Waals surface area contributed by atoms with Crippen molar-refractivity contribution in [1.29, 1.82) is 0 Å². The van der Waals surface area contributed by atoms with Gasteiger partial charge < -0.3 is 10.4 Å². The van der Waals surface area contributed by atoms with E-state index in [0.29, 0.717) is 11.5 Å². The van der Waals surface area contributed by atoms with Gasteiger partial charge in [-0.25, -0.2) is 4.79 Å². The minimum absolute atomic E-state index is 0.335. The fraction of sp³-hybridized carbons (Fsp3) is 0.235. The average Bonchev–Trinajstić information content (AvgIpc) is 2.41. The van der Waals surface area contributed by atoms with Crippen LogP contribution in [0.15, 0.2) is 42.5 Å². The van der Waals surface area contributed by atoms with Crippen molar-refractivity contribution < 1.29 is 9.90 Å². The first-order valence-corrected chi connectivity index (χ1v) is 6.81. The maximum atomic E-state index is 10.9. The van der Waals surface area contributed by atoms with Crippen molar-refractivity contribution >= 4 is 11.7 Å². The summed E-state index contributed by atoms with van der Waals surface area (Å²) in [6.07, 6.45) is 1.12. The van der Waals surface area contributed by atoms with Gasteiger partial charge in [0, 0.05) is 18.2 Å². The third-order valence-corrected chi connectivity index (χ3v) is 3.97. The van der Waals surface area contributed by atoms with Gasteiger partial charge in [0.25, 0.3) is 0 Å². The van der Waals surface area contributed by atoms with Crippen LogP contribution in [0.1, 0.15) is 33.0 Å². The highest BCUT2D eigenvalue weighted by Crippen LogP contribution is 2.34. The smallest absolute Gasteiger partial charge is 0.335 e. The number of benzene rings is 2. The van der Waals surface area contributed by atoms with Gasteiger partial charge in [0.15, 0.2) is 0 Å². The van der Waals surface area contributed by atoms with Crippen LogP contribution in [0, 0.1) is 6.92 Å². The van der Waals surface area contributed by atoms with Crippen LogP contribution in [0.3, 0.4) is 0 Å². The fourth-order valence-electron chi connectivity index (χ4n) is 2.77. The van der Waals surface area contributed by atoms with Crippen molar-refractivity contribution in [1.82, 2.24) is 0 Å². The molecule has 3 nitrogen and oxygen atoms in total. The largest absolute Gasteiger partial charge is 0.478 e. The Kier molecular flexibility index (Phi) is 3.18.